The maximum absolute atomic E-state index is 12.4. The minimum Gasteiger partial charge on any atom is -0.465 e. The Morgan fingerprint density at radius 2 is 1.76 bits per heavy atom. The van der Waals surface area contributed by atoms with Gasteiger partial charge in [0.2, 0.25) is 0 Å². The third-order valence-corrected chi connectivity index (χ3v) is 6.60. The fraction of sp³-hybridized carbons (Fsp3) is 0.333. The van der Waals surface area contributed by atoms with E-state index >= 15 is 0 Å². The maximum atomic E-state index is 12.4. The van der Waals surface area contributed by atoms with Crippen molar-refractivity contribution in [1.29, 1.82) is 0 Å². The molecule has 0 atom stereocenters. The summed E-state index contributed by atoms with van der Waals surface area (Å²) in [5.41, 5.74) is 7.33. The first-order valence-electron chi connectivity index (χ1n) is 8.43. The number of anilines is 1. The van der Waals surface area contributed by atoms with E-state index in [0.29, 0.717) is 21.0 Å². The van der Waals surface area contributed by atoms with E-state index < -0.39 is 5.97 Å². The Balaban J connectivity index is 2.17. The number of hydrogen-bond acceptors (Lipinski definition) is 7. The van der Waals surface area contributed by atoms with Crippen LogP contribution in [0.3, 0.4) is 0 Å². The summed E-state index contributed by atoms with van der Waals surface area (Å²) in [6.07, 6.45) is 0. The van der Waals surface area contributed by atoms with Gasteiger partial charge in [0.05, 0.1) is 23.1 Å². The Morgan fingerprint density at radius 1 is 1.10 bits per heavy atom. The summed E-state index contributed by atoms with van der Waals surface area (Å²) >= 11 is 7.80. The molecule has 0 fully saturated rings. The number of hydrogen-bond donors (Lipinski definition) is 3. The molecule has 2 amide bonds. The molecule has 0 radical (unpaired) electrons. The van der Waals surface area contributed by atoms with Gasteiger partial charge in [0.25, 0.3) is 11.8 Å². The van der Waals surface area contributed by atoms with Crippen LogP contribution in [0.5, 0.6) is 0 Å². The number of carbonyl (C=O) groups excluding carboxylic acids is 3. The van der Waals surface area contributed by atoms with Crippen LogP contribution in [-0.2, 0) is 4.74 Å². The SMILES string of the molecule is COC(=O)c1c(NC(=S)NNC(=O)c2csc(C)c2C)sc(C(=O)N(C)C)c1C. The highest BCUT2D eigenvalue weighted by Crippen LogP contribution is 2.34. The third kappa shape index (κ3) is 4.92. The molecular formula is C18H22N4O4S3. The molecule has 0 saturated carbocycles. The van der Waals surface area contributed by atoms with Crippen LogP contribution in [0.2, 0.25) is 0 Å². The standard InChI is InChI=1S/C18H22N4O4S3/c1-8-10(3)28-7-11(8)14(23)20-21-18(27)19-15-12(17(25)26-6)9(2)13(29-15)16(24)22(4)5/h7H,1-6H3,(H,20,23)(H2,19,21,27). The minimum atomic E-state index is -0.588. The number of nitrogens with one attached hydrogen (secondary N) is 3. The number of rotatable bonds is 4. The highest BCUT2D eigenvalue weighted by Gasteiger charge is 2.26. The topological polar surface area (TPSA) is 99.8 Å². The Kier molecular flexibility index (Phi) is 7.33. The molecule has 0 aliphatic carbocycles. The predicted octanol–water partition coefficient (Wildman–Crippen LogP) is 2.85. The Morgan fingerprint density at radius 3 is 2.28 bits per heavy atom. The van der Waals surface area contributed by atoms with Gasteiger partial charge in [0, 0.05) is 24.4 Å². The van der Waals surface area contributed by atoms with Crippen molar-refractivity contribution in [1.82, 2.24) is 15.8 Å². The van der Waals surface area contributed by atoms with Gasteiger partial charge in [-0.2, -0.15) is 0 Å². The maximum Gasteiger partial charge on any atom is 0.341 e. The molecule has 29 heavy (non-hydrogen) atoms. The number of nitrogens with zero attached hydrogens (tertiary/aromatic N) is 1. The molecule has 2 heterocycles. The quantitative estimate of drug-likeness (QED) is 0.371. The number of methoxy groups -OCH3 is 1. The largest absolute Gasteiger partial charge is 0.465 e. The highest BCUT2D eigenvalue weighted by atomic mass is 32.1. The second kappa shape index (κ2) is 9.33. The molecular weight excluding hydrogens is 432 g/mol. The Bertz CT molecular complexity index is 978. The fourth-order valence-corrected chi connectivity index (χ4v) is 4.71. The molecule has 0 bridgehead atoms. The molecule has 2 aromatic heterocycles. The van der Waals surface area contributed by atoms with Crippen molar-refractivity contribution in [2.75, 3.05) is 26.5 Å². The van der Waals surface area contributed by atoms with Gasteiger partial charge in [-0.15, -0.1) is 22.7 Å². The summed E-state index contributed by atoms with van der Waals surface area (Å²) in [5.74, 6) is -1.15. The molecule has 0 saturated heterocycles. The number of carbonyl (C=O) groups is 3. The van der Waals surface area contributed by atoms with Crippen molar-refractivity contribution < 1.29 is 19.1 Å². The number of hydrazine groups is 1. The van der Waals surface area contributed by atoms with E-state index in [2.05, 4.69) is 16.2 Å². The molecule has 8 nitrogen and oxygen atoms in total. The number of amides is 2. The van der Waals surface area contributed by atoms with Crippen LogP contribution in [0.15, 0.2) is 5.38 Å². The predicted molar refractivity (Wildman–Crippen MR) is 119 cm³/mol. The number of esters is 1. The van der Waals surface area contributed by atoms with Crippen LogP contribution >= 0.6 is 34.9 Å². The summed E-state index contributed by atoms with van der Waals surface area (Å²) in [5, 5.41) is 5.06. The summed E-state index contributed by atoms with van der Waals surface area (Å²) in [6.45, 7) is 5.48. The zero-order chi connectivity index (χ0) is 21.9. The van der Waals surface area contributed by atoms with Gasteiger partial charge in [0.1, 0.15) is 5.00 Å². The van der Waals surface area contributed by atoms with Crippen LogP contribution in [0.25, 0.3) is 0 Å². The summed E-state index contributed by atoms with van der Waals surface area (Å²) in [6, 6.07) is 0. The van der Waals surface area contributed by atoms with E-state index in [-0.39, 0.29) is 22.5 Å². The van der Waals surface area contributed by atoms with Crippen LogP contribution in [0.1, 0.15) is 46.4 Å². The molecule has 2 aromatic rings. The van der Waals surface area contributed by atoms with Crippen molar-refractivity contribution in [3.63, 3.8) is 0 Å². The van der Waals surface area contributed by atoms with Crippen molar-refractivity contribution in [2.24, 2.45) is 0 Å². The first kappa shape index (κ1) is 22.8. The molecule has 11 heteroatoms. The number of thiophene rings is 2. The van der Waals surface area contributed by atoms with Crippen molar-refractivity contribution >= 4 is 62.8 Å². The number of thiocarbonyl (C=S) groups is 1. The molecule has 156 valence electrons. The lowest BCUT2D eigenvalue weighted by Gasteiger charge is -2.11. The first-order chi connectivity index (χ1) is 13.6. The van der Waals surface area contributed by atoms with Gasteiger partial charge in [-0.05, 0) is 44.1 Å². The van der Waals surface area contributed by atoms with E-state index in [9.17, 15) is 14.4 Å². The highest BCUT2D eigenvalue weighted by molar-refractivity contribution is 7.80. The van der Waals surface area contributed by atoms with E-state index in [1.54, 1.807) is 26.4 Å². The zero-order valence-electron chi connectivity index (χ0n) is 16.9. The van der Waals surface area contributed by atoms with Gasteiger partial charge < -0.3 is 15.0 Å². The summed E-state index contributed by atoms with van der Waals surface area (Å²) in [7, 11) is 4.52. The van der Waals surface area contributed by atoms with Crippen molar-refractivity contribution in [3.8, 4) is 0 Å². The Hall–Kier alpha value is -2.50. The van der Waals surface area contributed by atoms with E-state index in [1.165, 1.54) is 23.3 Å². The number of ether oxygens (including phenoxy) is 1. The Labute approximate surface area is 182 Å². The van der Waals surface area contributed by atoms with Gasteiger partial charge in [0.15, 0.2) is 5.11 Å². The minimum absolute atomic E-state index is 0.0678. The van der Waals surface area contributed by atoms with E-state index in [0.717, 1.165) is 21.8 Å². The lowest BCUT2D eigenvalue weighted by molar-refractivity contribution is 0.0601. The molecule has 0 spiro atoms. The molecule has 2 rings (SSSR count). The second-order valence-electron chi connectivity index (χ2n) is 6.32. The monoisotopic (exact) mass is 454 g/mol. The molecule has 0 aromatic carbocycles. The third-order valence-electron chi connectivity index (χ3n) is 4.18. The smallest absolute Gasteiger partial charge is 0.341 e. The molecule has 0 unspecified atom stereocenters. The van der Waals surface area contributed by atoms with Crippen molar-refractivity contribution in [3.05, 3.63) is 37.4 Å². The fourth-order valence-electron chi connectivity index (χ4n) is 2.41. The molecule has 3 N–H and O–H groups in total. The van der Waals surface area contributed by atoms with Crippen LogP contribution in [0.4, 0.5) is 5.00 Å². The van der Waals surface area contributed by atoms with Gasteiger partial charge >= 0.3 is 5.97 Å². The van der Waals surface area contributed by atoms with E-state index in [4.69, 9.17) is 17.0 Å². The zero-order valence-corrected chi connectivity index (χ0v) is 19.3. The normalized spacial score (nSPS) is 10.3. The first-order valence-corrected chi connectivity index (χ1v) is 10.5. The molecule has 0 aliphatic heterocycles. The van der Waals surface area contributed by atoms with Gasteiger partial charge in [-0.3, -0.25) is 20.4 Å². The number of aryl methyl sites for hydroxylation is 1. The van der Waals surface area contributed by atoms with Crippen molar-refractivity contribution in [2.45, 2.75) is 20.8 Å². The van der Waals surface area contributed by atoms with Crippen LogP contribution < -0.4 is 16.2 Å². The van der Waals surface area contributed by atoms with Crippen LogP contribution in [0, 0.1) is 20.8 Å². The molecule has 0 aliphatic rings. The average molecular weight is 455 g/mol. The second-order valence-corrected chi connectivity index (χ2v) is 8.83. The summed E-state index contributed by atoms with van der Waals surface area (Å²) < 4.78 is 4.83. The van der Waals surface area contributed by atoms with Crippen LogP contribution in [-0.4, -0.2) is 49.0 Å². The lowest BCUT2D eigenvalue weighted by Crippen LogP contribution is -2.43. The van der Waals surface area contributed by atoms with E-state index in [1.807, 2.05) is 13.8 Å². The lowest BCUT2D eigenvalue weighted by atomic mass is 10.1. The van der Waals surface area contributed by atoms with Gasteiger partial charge in [-0.1, -0.05) is 0 Å². The summed E-state index contributed by atoms with van der Waals surface area (Å²) in [4.78, 5) is 39.8. The average Bonchev–Trinajstić information content (AvgIpc) is 3.17. The van der Waals surface area contributed by atoms with Gasteiger partial charge in [-0.25, -0.2) is 4.79 Å².